The Kier molecular flexibility index (Phi) is 9.02. The van der Waals surface area contributed by atoms with Crippen molar-refractivity contribution in [1.29, 1.82) is 0 Å². The maximum Gasteiger partial charge on any atom is 0.431 e. The molecule has 1 atom stereocenters. The number of fused-ring (bicyclic) bond motifs is 1. The molecule has 3 aromatic rings. The van der Waals surface area contributed by atoms with Gasteiger partial charge in [-0.15, -0.1) is 0 Å². The van der Waals surface area contributed by atoms with E-state index in [1.807, 2.05) is 18.7 Å². The van der Waals surface area contributed by atoms with Gasteiger partial charge in [-0.1, -0.05) is 43.6 Å². The van der Waals surface area contributed by atoms with Crippen LogP contribution in [0.25, 0.3) is 16.6 Å². The number of piperazine rings is 1. The molecule has 2 aliphatic heterocycles. The number of anilines is 3. The molecule has 0 radical (unpaired) electrons. The van der Waals surface area contributed by atoms with E-state index < -0.39 is 45.9 Å². The summed E-state index contributed by atoms with van der Waals surface area (Å²) in [4.78, 5) is 30.8. The molecule has 0 spiro atoms. The molecule has 3 N–H and O–H groups in total. The molecule has 5 rings (SSSR count). The third-order valence-electron chi connectivity index (χ3n) is 8.21. The van der Waals surface area contributed by atoms with Crippen molar-refractivity contribution in [3.63, 3.8) is 0 Å². The minimum absolute atomic E-state index is 0.122. The summed E-state index contributed by atoms with van der Waals surface area (Å²) in [6, 6.07) is 1.89. The average Bonchev–Trinajstić information content (AvgIpc) is 2.97. The summed E-state index contributed by atoms with van der Waals surface area (Å²) >= 11 is 12.0. The number of rotatable bonds is 8. The Bertz CT molecular complexity index is 1610. The van der Waals surface area contributed by atoms with Crippen molar-refractivity contribution in [2.24, 2.45) is 0 Å². The highest BCUT2D eigenvalue weighted by atomic mass is 35.5. The van der Waals surface area contributed by atoms with E-state index in [0.29, 0.717) is 26.2 Å². The third-order valence-corrected chi connectivity index (χ3v) is 8.80. The molecule has 16 heteroatoms. The van der Waals surface area contributed by atoms with Crippen molar-refractivity contribution in [3.05, 3.63) is 56.7 Å². The summed E-state index contributed by atoms with van der Waals surface area (Å²) in [7, 11) is 0. The molecule has 2 aliphatic rings. The monoisotopic (exact) mass is 658 g/mol. The standard InChI is InChI=1S/C28H32Cl2F4N8O2/c1-4-20(43)39-7-9-40(10-8-39)25-16-11-19(28(32,33)34)42(24-21(31)17(29)12-18(30)22(24)35)26(44)23(16)36-27(37-25)41-13-15(14-41)38(5-2)6-3/h4,11-12,15,20,43H,1,5-10,13-14,35H2,2-3H3. The summed E-state index contributed by atoms with van der Waals surface area (Å²) < 4.78 is 59.3. The van der Waals surface area contributed by atoms with Crippen LogP contribution in [0.15, 0.2) is 29.6 Å². The molecule has 4 heterocycles. The van der Waals surface area contributed by atoms with Crippen molar-refractivity contribution >= 4 is 51.6 Å². The van der Waals surface area contributed by atoms with Gasteiger partial charge in [0.15, 0.2) is 5.82 Å². The summed E-state index contributed by atoms with van der Waals surface area (Å²) in [6.07, 6.45) is -4.63. The molecule has 10 nitrogen and oxygen atoms in total. The number of nitrogens with two attached hydrogens (primary N) is 1. The maximum absolute atomic E-state index is 15.4. The zero-order valence-electron chi connectivity index (χ0n) is 24.1. The molecule has 1 unspecified atom stereocenters. The van der Waals surface area contributed by atoms with Gasteiger partial charge in [0.05, 0.1) is 21.1 Å². The molecule has 1 aromatic carbocycles. The number of alkyl halides is 3. The number of nitrogen functional groups attached to an aromatic ring is 1. The predicted molar refractivity (Wildman–Crippen MR) is 163 cm³/mol. The zero-order chi connectivity index (χ0) is 32.1. The van der Waals surface area contributed by atoms with Gasteiger partial charge in [-0.05, 0) is 31.3 Å². The Morgan fingerprint density at radius 1 is 1.11 bits per heavy atom. The van der Waals surface area contributed by atoms with Gasteiger partial charge in [0.2, 0.25) is 5.95 Å². The van der Waals surface area contributed by atoms with Gasteiger partial charge in [-0.25, -0.2) is 9.37 Å². The second-order valence-corrected chi connectivity index (χ2v) is 11.5. The topological polar surface area (TPSA) is 107 Å². The van der Waals surface area contributed by atoms with Gasteiger partial charge in [0, 0.05) is 45.3 Å². The van der Waals surface area contributed by atoms with Crippen LogP contribution < -0.4 is 21.1 Å². The molecule has 0 bridgehead atoms. The zero-order valence-corrected chi connectivity index (χ0v) is 25.6. The molecule has 2 fully saturated rings. The lowest BCUT2D eigenvalue weighted by Crippen LogP contribution is -2.60. The number of nitrogens with zero attached hydrogens (tertiary/aromatic N) is 7. The third kappa shape index (κ3) is 5.69. The van der Waals surface area contributed by atoms with Crippen molar-refractivity contribution in [1.82, 2.24) is 24.3 Å². The van der Waals surface area contributed by atoms with E-state index in [4.69, 9.17) is 28.9 Å². The van der Waals surface area contributed by atoms with E-state index in [0.717, 1.165) is 25.2 Å². The van der Waals surface area contributed by atoms with E-state index in [-0.39, 0.29) is 51.4 Å². The number of halogens is 6. The first-order valence-corrected chi connectivity index (χ1v) is 14.8. The molecule has 0 amide bonds. The maximum atomic E-state index is 15.4. The highest BCUT2D eigenvalue weighted by Crippen LogP contribution is 2.39. The Morgan fingerprint density at radius 2 is 1.75 bits per heavy atom. The lowest BCUT2D eigenvalue weighted by atomic mass is 10.1. The summed E-state index contributed by atoms with van der Waals surface area (Å²) in [5, 5.41) is 9.10. The van der Waals surface area contributed by atoms with E-state index in [1.165, 1.54) is 6.08 Å². The summed E-state index contributed by atoms with van der Waals surface area (Å²) in [5.74, 6) is -1.06. The summed E-state index contributed by atoms with van der Waals surface area (Å²) in [6.45, 7) is 11.7. The first-order chi connectivity index (χ1) is 20.8. The number of aliphatic hydroxyl groups excluding tert-OH is 1. The Labute approximate surface area is 260 Å². The fourth-order valence-electron chi connectivity index (χ4n) is 5.72. The van der Waals surface area contributed by atoms with Crippen LogP contribution in [0.5, 0.6) is 0 Å². The molecule has 0 saturated carbocycles. The quantitative estimate of drug-likeness (QED) is 0.161. The van der Waals surface area contributed by atoms with Crippen molar-refractivity contribution < 1.29 is 22.7 Å². The van der Waals surface area contributed by atoms with Crippen LogP contribution in [0, 0.1) is 5.82 Å². The molecule has 44 heavy (non-hydrogen) atoms. The molecular formula is C28H32Cl2F4N8O2. The van der Waals surface area contributed by atoms with Crippen LogP contribution in [-0.4, -0.2) is 94.1 Å². The summed E-state index contributed by atoms with van der Waals surface area (Å²) in [5.41, 5.74) is 1.33. The van der Waals surface area contributed by atoms with Crippen LogP contribution >= 0.6 is 23.2 Å². The van der Waals surface area contributed by atoms with Crippen LogP contribution in [0.3, 0.4) is 0 Å². The second-order valence-electron chi connectivity index (χ2n) is 10.6. The first-order valence-electron chi connectivity index (χ1n) is 14.1. The van der Waals surface area contributed by atoms with Crippen LogP contribution in [0.1, 0.15) is 19.5 Å². The van der Waals surface area contributed by atoms with Gasteiger partial charge in [-0.3, -0.25) is 19.2 Å². The average molecular weight is 660 g/mol. The van der Waals surface area contributed by atoms with Gasteiger partial charge in [0.1, 0.15) is 28.9 Å². The highest BCUT2D eigenvalue weighted by Gasteiger charge is 2.39. The lowest BCUT2D eigenvalue weighted by Gasteiger charge is -2.45. The molecule has 238 valence electrons. The second kappa shape index (κ2) is 12.3. The van der Waals surface area contributed by atoms with Crippen LogP contribution in [-0.2, 0) is 6.18 Å². The van der Waals surface area contributed by atoms with E-state index in [2.05, 4.69) is 21.4 Å². The number of benzene rings is 1. The fraction of sp³-hybridized carbons (Fsp3) is 0.464. The Morgan fingerprint density at radius 3 is 2.32 bits per heavy atom. The lowest BCUT2D eigenvalue weighted by molar-refractivity contribution is -0.142. The molecule has 2 aromatic heterocycles. The van der Waals surface area contributed by atoms with Gasteiger partial charge in [-0.2, -0.15) is 18.2 Å². The van der Waals surface area contributed by atoms with Gasteiger partial charge < -0.3 is 20.6 Å². The Balaban J connectivity index is 1.73. The van der Waals surface area contributed by atoms with Crippen LogP contribution in [0.2, 0.25) is 10.0 Å². The number of aromatic nitrogens is 3. The van der Waals surface area contributed by atoms with Crippen molar-refractivity contribution in [2.75, 3.05) is 67.9 Å². The minimum Gasteiger partial charge on any atom is -0.396 e. The van der Waals surface area contributed by atoms with E-state index >= 15 is 4.39 Å². The van der Waals surface area contributed by atoms with Crippen molar-refractivity contribution in [3.8, 4) is 5.69 Å². The minimum atomic E-state index is -5.13. The molecule has 0 aliphatic carbocycles. The predicted octanol–water partition coefficient (Wildman–Crippen LogP) is 3.98. The normalized spacial score (nSPS) is 17.4. The van der Waals surface area contributed by atoms with Gasteiger partial charge >= 0.3 is 6.18 Å². The number of hydrogen-bond donors (Lipinski definition) is 2. The van der Waals surface area contributed by atoms with Crippen LogP contribution in [0.4, 0.5) is 35.0 Å². The van der Waals surface area contributed by atoms with Gasteiger partial charge in [0.25, 0.3) is 5.56 Å². The number of aliphatic hydroxyl groups is 1. The number of pyridine rings is 1. The smallest absolute Gasteiger partial charge is 0.396 e. The Hall–Kier alpha value is -3.17. The SMILES string of the molecule is C=CC(O)N1CCN(c2nc(N3CC(N(CC)CC)C3)nc3c(=O)n(-c4c(N)c(Cl)cc(Cl)c4F)c(C(F)(F)F)cc23)CC1. The highest BCUT2D eigenvalue weighted by molar-refractivity contribution is 6.37. The van der Waals surface area contributed by atoms with E-state index in [9.17, 15) is 23.1 Å². The van der Waals surface area contributed by atoms with E-state index in [1.54, 1.807) is 9.80 Å². The fourth-order valence-corrected chi connectivity index (χ4v) is 6.18. The molecular weight excluding hydrogens is 627 g/mol. The van der Waals surface area contributed by atoms with Crippen molar-refractivity contribution in [2.45, 2.75) is 32.3 Å². The first kappa shape index (κ1) is 32.2. The molecule has 2 saturated heterocycles. The largest absolute Gasteiger partial charge is 0.431 e. The number of hydrogen-bond acceptors (Lipinski definition) is 9. The number of likely N-dealkylation sites (N-methyl/N-ethyl adjacent to an activating group) is 1.